The van der Waals surface area contributed by atoms with Crippen LogP contribution in [0.2, 0.25) is 0 Å². The number of alkyl halides is 6. The quantitative estimate of drug-likeness (QED) is 0.590. The van der Waals surface area contributed by atoms with Crippen molar-refractivity contribution in [3.63, 3.8) is 0 Å². The molecule has 0 aliphatic rings. The third-order valence-corrected chi connectivity index (χ3v) is 2.27. The molecule has 1 aromatic carbocycles. The standard InChI is InChI=1S/C10H2F7N3/c11-7-5(9(12,13)14)3(1-18)4(2-19)6(8(7)20)10(15,16)17/h20H2. The first kappa shape index (κ1) is 15.6. The Kier molecular flexibility index (Phi) is 3.55. The minimum atomic E-state index is -5.47. The number of nitrogen functional groups attached to an aromatic ring is 1. The summed E-state index contributed by atoms with van der Waals surface area (Å²) in [5.74, 6) is -2.43. The summed E-state index contributed by atoms with van der Waals surface area (Å²) in [6.07, 6.45) is -10.9. The fourth-order valence-electron chi connectivity index (χ4n) is 1.52. The Morgan fingerprint density at radius 3 is 1.45 bits per heavy atom. The number of nitriles is 2. The molecule has 0 saturated heterocycles. The summed E-state index contributed by atoms with van der Waals surface area (Å²) >= 11 is 0. The van der Waals surface area contributed by atoms with E-state index in [1.54, 1.807) is 0 Å². The number of hydrogen-bond acceptors (Lipinski definition) is 3. The van der Waals surface area contributed by atoms with Crippen LogP contribution in [0.4, 0.5) is 36.4 Å². The topological polar surface area (TPSA) is 73.6 Å². The maximum Gasteiger partial charge on any atom is 0.420 e. The van der Waals surface area contributed by atoms with E-state index in [9.17, 15) is 30.7 Å². The third-order valence-electron chi connectivity index (χ3n) is 2.27. The number of halogens is 7. The average molecular weight is 297 g/mol. The molecule has 0 unspecified atom stereocenters. The Balaban J connectivity index is 4.06. The Morgan fingerprint density at radius 1 is 0.800 bits per heavy atom. The number of anilines is 1. The van der Waals surface area contributed by atoms with Gasteiger partial charge in [0.1, 0.15) is 23.3 Å². The van der Waals surface area contributed by atoms with Gasteiger partial charge >= 0.3 is 12.4 Å². The molecule has 0 atom stereocenters. The summed E-state index contributed by atoms with van der Waals surface area (Å²) in [5, 5.41) is 17.1. The van der Waals surface area contributed by atoms with Gasteiger partial charge in [0.2, 0.25) is 0 Å². The summed E-state index contributed by atoms with van der Waals surface area (Å²) in [6.45, 7) is 0. The van der Waals surface area contributed by atoms with E-state index < -0.39 is 46.1 Å². The molecule has 0 aliphatic heterocycles. The first-order chi connectivity index (χ1) is 8.96. The normalized spacial score (nSPS) is 11.8. The molecule has 3 nitrogen and oxygen atoms in total. The zero-order valence-corrected chi connectivity index (χ0v) is 9.12. The van der Waals surface area contributed by atoms with E-state index in [-0.39, 0.29) is 0 Å². The SMILES string of the molecule is N#Cc1c(C#N)c(C(F)(F)F)c(F)c(N)c1C(F)(F)F. The zero-order chi connectivity index (χ0) is 15.9. The summed E-state index contributed by atoms with van der Waals surface area (Å²) in [6, 6.07) is 1.58. The van der Waals surface area contributed by atoms with Crippen LogP contribution in [0.15, 0.2) is 0 Å². The first-order valence-electron chi connectivity index (χ1n) is 4.56. The van der Waals surface area contributed by atoms with Crippen molar-refractivity contribution in [1.82, 2.24) is 0 Å². The molecule has 0 radical (unpaired) electrons. The molecule has 0 bridgehead atoms. The van der Waals surface area contributed by atoms with Gasteiger partial charge in [-0.05, 0) is 0 Å². The van der Waals surface area contributed by atoms with E-state index in [0.29, 0.717) is 0 Å². The van der Waals surface area contributed by atoms with E-state index in [0.717, 1.165) is 12.1 Å². The van der Waals surface area contributed by atoms with Gasteiger partial charge in [-0.2, -0.15) is 36.9 Å². The van der Waals surface area contributed by atoms with Crippen molar-refractivity contribution in [2.24, 2.45) is 0 Å². The highest BCUT2D eigenvalue weighted by atomic mass is 19.4. The molecule has 2 N–H and O–H groups in total. The van der Waals surface area contributed by atoms with Gasteiger partial charge in [-0.15, -0.1) is 0 Å². The van der Waals surface area contributed by atoms with Gasteiger partial charge in [0.05, 0.1) is 16.8 Å². The van der Waals surface area contributed by atoms with Crippen LogP contribution in [-0.2, 0) is 12.4 Å². The number of nitrogens with zero attached hydrogens (tertiary/aromatic N) is 2. The lowest BCUT2D eigenvalue weighted by Gasteiger charge is -2.18. The summed E-state index contributed by atoms with van der Waals surface area (Å²) in [4.78, 5) is 0. The maximum absolute atomic E-state index is 13.4. The molecular weight excluding hydrogens is 295 g/mol. The molecule has 0 amide bonds. The van der Waals surface area contributed by atoms with E-state index in [2.05, 4.69) is 0 Å². The highest BCUT2D eigenvalue weighted by Gasteiger charge is 2.46. The van der Waals surface area contributed by atoms with Crippen molar-refractivity contribution in [1.29, 1.82) is 10.5 Å². The first-order valence-corrected chi connectivity index (χ1v) is 4.56. The summed E-state index contributed by atoms with van der Waals surface area (Å²) in [7, 11) is 0. The molecule has 20 heavy (non-hydrogen) atoms. The molecule has 0 aliphatic carbocycles. The van der Waals surface area contributed by atoms with Crippen LogP contribution in [0.5, 0.6) is 0 Å². The molecule has 0 aromatic heterocycles. The Morgan fingerprint density at radius 2 is 1.15 bits per heavy atom. The predicted octanol–water partition coefficient (Wildman–Crippen LogP) is 3.19. The minimum Gasteiger partial charge on any atom is -0.396 e. The van der Waals surface area contributed by atoms with Gasteiger partial charge in [-0.1, -0.05) is 0 Å². The smallest absolute Gasteiger partial charge is 0.396 e. The van der Waals surface area contributed by atoms with E-state index in [4.69, 9.17) is 16.3 Å². The molecule has 1 rings (SSSR count). The second-order valence-electron chi connectivity index (χ2n) is 3.45. The minimum absolute atomic E-state index is 0.764. The second kappa shape index (κ2) is 4.56. The van der Waals surface area contributed by atoms with Crippen molar-refractivity contribution >= 4 is 5.69 Å². The summed E-state index contributed by atoms with van der Waals surface area (Å²) in [5.41, 5.74) is -4.96. The fraction of sp³-hybridized carbons (Fsp3) is 0.200. The molecule has 0 fully saturated rings. The maximum atomic E-state index is 13.4. The molecular formula is C10H2F7N3. The number of benzene rings is 1. The van der Waals surface area contributed by atoms with Gasteiger partial charge < -0.3 is 5.73 Å². The highest BCUT2D eigenvalue weighted by molar-refractivity contribution is 5.67. The third kappa shape index (κ3) is 2.32. The van der Waals surface area contributed by atoms with Gasteiger partial charge in [0.25, 0.3) is 0 Å². The van der Waals surface area contributed by atoms with E-state index in [1.807, 2.05) is 0 Å². The van der Waals surface area contributed by atoms with Crippen molar-refractivity contribution in [2.45, 2.75) is 12.4 Å². The fourth-order valence-corrected chi connectivity index (χ4v) is 1.52. The van der Waals surface area contributed by atoms with Crippen LogP contribution >= 0.6 is 0 Å². The van der Waals surface area contributed by atoms with Crippen LogP contribution < -0.4 is 5.73 Å². The van der Waals surface area contributed by atoms with E-state index in [1.165, 1.54) is 0 Å². The largest absolute Gasteiger partial charge is 0.420 e. The van der Waals surface area contributed by atoms with Crippen LogP contribution in [0.3, 0.4) is 0 Å². The lowest BCUT2D eigenvalue weighted by molar-refractivity contribution is -0.143. The Hall–Kier alpha value is -2.49. The molecule has 106 valence electrons. The van der Waals surface area contributed by atoms with Gasteiger partial charge in [-0.3, -0.25) is 0 Å². The number of hydrogen-bond donors (Lipinski definition) is 1. The van der Waals surface area contributed by atoms with Crippen LogP contribution in [-0.4, -0.2) is 0 Å². The van der Waals surface area contributed by atoms with Gasteiger partial charge in [0.15, 0.2) is 5.82 Å². The van der Waals surface area contributed by atoms with Crippen molar-refractivity contribution in [2.75, 3.05) is 5.73 Å². The highest BCUT2D eigenvalue weighted by Crippen LogP contribution is 2.44. The monoisotopic (exact) mass is 297 g/mol. The predicted molar refractivity (Wildman–Crippen MR) is 50.2 cm³/mol. The van der Waals surface area contributed by atoms with Crippen LogP contribution in [0.25, 0.3) is 0 Å². The lowest BCUT2D eigenvalue weighted by Crippen LogP contribution is -2.20. The molecule has 1 aromatic rings. The number of rotatable bonds is 0. The van der Waals surface area contributed by atoms with Crippen molar-refractivity contribution in [3.8, 4) is 12.1 Å². The molecule has 0 saturated carbocycles. The Labute approximate surface area is 106 Å². The number of nitrogens with two attached hydrogens (primary N) is 1. The van der Waals surface area contributed by atoms with E-state index >= 15 is 0 Å². The molecule has 0 heterocycles. The molecule has 10 heteroatoms. The zero-order valence-electron chi connectivity index (χ0n) is 9.12. The molecule has 0 spiro atoms. The van der Waals surface area contributed by atoms with Gasteiger partial charge in [-0.25, -0.2) is 4.39 Å². The average Bonchev–Trinajstić information content (AvgIpc) is 2.27. The van der Waals surface area contributed by atoms with Crippen molar-refractivity contribution in [3.05, 3.63) is 28.1 Å². The van der Waals surface area contributed by atoms with Crippen molar-refractivity contribution < 1.29 is 30.7 Å². The Bertz CT molecular complexity index is 587. The lowest BCUT2D eigenvalue weighted by atomic mass is 9.94. The second-order valence-corrected chi connectivity index (χ2v) is 3.45. The van der Waals surface area contributed by atoms with Crippen LogP contribution in [0, 0.1) is 28.5 Å². The van der Waals surface area contributed by atoms with Gasteiger partial charge in [0, 0.05) is 0 Å². The van der Waals surface area contributed by atoms with Crippen LogP contribution in [0.1, 0.15) is 22.3 Å². The summed E-state index contributed by atoms with van der Waals surface area (Å²) < 4.78 is 89.1.